The molecule has 0 fully saturated rings. The quantitative estimate of drug-likeness (QED) is 0.473. The second-order valence-electron chi connectivity index (χ2n) is 4.07. The van der Waals surface area contributed by atoms with Crippen molar-refractivity contribution in [3.05, 3.63) is 52.4 Å². The predicted molar refractivity (Wildman–Crippen MR) is 66.4 cm³/mol. The van der Waals surface area contributed by atoms with Gasteiger partial charge in [-0.3, -0.25) is 0 Å². The SMILES string of the molecule is Cc1cc2ccc3c(O)cccc3c2oc1=O. The molecule has 1 heterocycles. The van der Waals surface area contributed by atoms with E-state index in [1.165, 1.54) is 0 Å². The van der Waals surface area contributed by atoms with Gasteiger partial charge in [0.1, 0.15) is 11.3 Å². The molecule has 84 valence electrons. The summed E-state index contributed by atoms with van der Waals surface area (Å²) in [5.41, 5.74) is 0.763. The fourth-order valence-corrected chi connectivity index (χ4v) is 2.02. The van der Waals surface area contributed by atoms with E-state index in [1.54, 1.807) is 25.1 Å². The molecule has 1 N–H and O–H groups in total. The van der Waals surface area contributed by atoms with Crippen molar-refractivity contribution in [3.8, 4) is 5.75 Å². The molecule has 0 amide bonds. The summed E-state index contributed by atoms with van der Waals surface area (Å²) in [7, 11) is 0. The second-order valence-corrected chi connectivity index (χ2v) is 4.07. The van der Waals surface area contributed by atoms with Gasteiger partial charge in [-0.2, -0.15) is 0 Å². The van der Waals surface area contributed by atoms with Gasteiger partial charge in [0.25, 0.3) is 0 Å². The maximum Gasteiger partial charge on any atom is 0.339 e. The normalized spacial score (nSPS) is 11.1. The summed E-state index contributed by atoms with van der Waals surface area (Å²) in [5, 5.41) is 12.0. The molecule has 1 aromatic heterocycles. The topological polar surface area (TPSA) is 50.4 Å². The molecule has 17 heavy (non-hydrogen) atoms. The van der Waals surface area contributed by atoms with E-state index in [0.717, 1.165) is 10.8 Å². The van der Waals surface area contributed by atoms with E-state index in [4.69, 9.17) is 4.42 Å². The highest BCUT2D eigenvalue weighted by Crippen LogP contribution is 2.30. The monoisotopic (exact) mass is 226 g/mol. The maximum atomic E-state index is 11.5. The lowest BCUT2D eigenvalue weighted by molar-refractivity contribution is 0.481. The van der Waals surface area contributed by atoms with Gasteiger partial charge in [-0.15, -0.1) is 0 Å². The Bertz CT molecular complexity index is 784. The Balaban J connectivity index is 2.60. The zero-order valence-electron chi connectivity index (χ0n) is 9.23. The third-order valence-corrected chi connectivity index (χ3v) is 2.91. The highest BCUT2D eigenvalue weighted by molar-refractivity contribution is 6.06. The van der Waals surface area contributed by atoms with E-state index in [2.05, 4.69) is 0 Å². The molecule has 0 unspecified atom stereocenters. The van der Waals surface area contributed by atoms with Crippen LogP contribution in [0.25, 0.3) is 21.7 Å². The van der Waals surface area contributed by atoms with Crippen LogP contribution in [0.2, 0.25) is 0 Å². The smallest absolute Gasteiger partial charge is 0.339 e. The first-order valence-electron chi connectivity index (χ1n) is 5.32. The van der Waals surface area contributed by atoms with Gasteiger partial charge >= 0.3 is 5.63 Å². The molecule has 3 aromatic rings. The molecule has 0 aliphatic heterocycles. The summed E-state index contributed by atoms with van der Waals surface area (Å²) in [5.74, 6) is 0.188. The summed E-state index contributed by atoms with van der Waals surface area (Å²) >= 11 is 0. The lowest BCUT2D eigenvalue weighted by Gasteiger charge is -2.04. The molecule has 0 bridgehead atoms. The number of phenolic OH excluding ortho intramolecular Hbond substituents is 1. The van der Waals surface area contributed by atoms with E-state index in [1.807, 2.05) is 18.2 Å². The molecule has 3 rings (SSSR count). The van der Waals surface area contributed by atoms with Gasteiger partial charge in [-0.1, -0.05) is 18.2 Å². The van der Waals surface area contributed by atoms with E-state index in [0.29, 0.717) is 16.5 Å². The third kappa shape index (κ3) is 1.40. The second kappa shape index (κ2) is 3.35. The molecule has 0 saturated heterocycles. The number of phenols is 1. The summed E-state index contributed by atoms with van der Waals surface area (Å²) in [6, 6.07) is 10.6. The molecule has 2 aromatic carbocycles. The van der Waals surface area contributed by atoms with Crippen LogP contribution >= 0.6 is 0 Å². The molecule has 3 heteroatoms. The number of hydrogen-bond donors (Lipinski definition) is 1. The van der Waals surface area contributed by atoms with E-state index in [-0.39, 0.29) is 11.4 Å². The molecular formula is C14H10O3. The number of aryl methyl sites for hydroxylation is 1. The zero-order valence-corrected chi connectivity index (χ0v) is 9.23. The number of fused-ring (bicyclic) bond motifs is 3. The average Bonchev–Trinajstić information content (AvgIpc) is 2.31. The van der Waals surface area contributed by atoms with Crippen LogP contribution in [0.1, 0.15) is 5.56 Å². The highest BCUT2D eigenvalue weighted by Gasteiger charge is 2.07. The molecule has 0 radical (unpaired) electrons. The van der Waals surface area contributed by atoms with Gasteiger partial charge in [0.2, 0.25) is 0 Å². The molecular weight excluding hydrogens is 216 g/mol. The minimum Gasteiger partial charge on any atom is -0.507 e. The van der Waals surface area contributed by atoms with Crippen molar-refractivity contribution in [2.24, 2.45) is 0 Å². The maximum absolute atomic E-state index is 11.5. The Kier molecular flexibility index (Phi) is 1.95. The molecule has 0 spiro atoms. The van der Waals surface area contributed by atoms with Crippen LogP contribution in [0.5, 0.6) is 5.75 Å². The van der Waals surface area contributed by atoms with Gasteiger partial charge < -0.3 is 9.52 Å². The van der Waals surface area contributed by atoms with Crippen molar-refractivity contribution < 1.29 is 9.52 Å². The van der Waals surface area contributed by atoms with E-state index < -0.39 is 0 Å². The van der Waals surface area contributed by atoms with Crippen LogP contribution < -0.4 is 5.63 Å². The lowest BCUT2D eigenvalue weighted by atomic mass is 10.1. The van der Waals surface area contributed by atoms with Crippen LogP contribution in [0.3, 0.4) is 0 Å². The molecule has 0 saturated carbocycles. The molecule has 0 aliphatic carbocycles. The fourth-order valence-electron chi connectivity index (χ4n) is 2.02. The van der Waals surface area contributed by atoms with Crippen molar-refractivity contribution >= 4 is 21.7 Å². The van der Waals surface area contributed by atoms with Crippen LogP contribution in [0, 0.1) is 6.92 Å². The first-order valence-corrected chi connectivity index (χ1v) is 5.32. The summed E-state index contributed by atoms with van der Waals surface area (Å²) in [4.78, 5) is 11.5. The van der Waals surface area contributed by atoms with Gasteiger partial charge in [0, 0.05) is 21.7 Å². The first-order chi connectivity index (χ1) is 8.16. The lowest BCUT2D eigenvalue weighted by Crippen LogP contribution is -2.01. The zero-order chi connectivity index (χ0) is 12.0. The van der Waals surface area contributed by atoms with Crippen molar-refractivity contribution in [1.29, 1.82) is 0 Å². The van der Waals surface area contributed by atoms with Crippen molar-refractivity contribution in [2.45, 2.75) is 6.92 Å². The highest BCUT2D eigenvalue weighted by atomic mass is 16.4. The standard InChI is InChI=1S/C14H10O3/c1-8-7-9-5-6-10-11(3-2-4-12(10)15)13(9)17-14(8)16/h2-7,15H,1H3. The Morgan fingerprint density at radius 1 is 1.12 bits per heavy atom. The predicted octanol–water partition coefficient (Wildman–Crippen LogP) is 2.96. The number of hydrogen-bond acceptors (Lipinski definition) is 3. The first kappa shape index (κ1) is 9.90. The van der Waals surface area contributed by atoms with Crippen LogP contribution in [0.15, 0.2) is 45.6 Å². The average molecular weight is 226 g/mol. The third-order valence-electron chi connectivity index (χ3n) is 2.91. The number of rotatable bonds is 0. The number of benzene rings is 2. The Labute approximate surface area is 96.9 Å². The Hall–Kier alpha value is -2.29. The van der Waals surface area contributed by atoms with Crippen LogP contribution in [-0.2, 0) is 0 Å². The summed E-state index contributed by atoms with van der Waals surface area (Å²) in [6.45, 7) is 1.72. The number of aromatic hydroxyl groups is 1. The molecule has 3 nitrogen and oxygen atoms in total. The van der Waals surface area contributed by atoms with Crippen LogP contribution in [0.4, 0.5) is 0 Å². The van der Waals surface area contributed by atoms with Crippen molar-refractivity contribution in [1.82, 2.24) is 0 Å². The minimum absolute atomic E-state index is 0.188. The Morgan fingerprint density at radius 3 is 2.76 bits per heavy atom. The van der Waals surface area contributed by atoms with E-state index >= 15 is 0 Å². The van der Waals surface area contributed by atoms with Gasteiger partial charge in [-0.25, -0.2) is 4.79 Å². The largest absolute Gasteiger partial charge is 0.507 e. The van der Waals surface area contributed by atoms with Crippen molar-refractivity contribution in [3.63, 3.8) is 0 Å². The van der Waals surface area contributed by atoms with Crippen molar-refractivity contribution in [2.75, 3.05) is 0 Å². The van der Waals surface area contributed by atoms with Gasteiger partial charge in [0.15, 0.2) is 0 Å². The fraction of sp³-hybridized carbons (Fsp3) is 0.0714. The van der Waals surface area contributed by atoms with E-state index in [9.17, 15) is 9.90 Å². The summed E-state index contributed by atoms with van der Waals surface area (Å²) in [6.07, 6.45) is 0. The van der Waals surface area contributed by atoms with Gasteiger partial charge in [-0.05, 0) is 25.1 Å². The molecule has 0 aliphatic rings. The minimum atomic E-state index is -0.339. The Morgan fingerprint density at radius 2 is 1.94 bits per heavy atom. The molecule has 0 atom stereocenters. The van der Waals surface area contributed by atoms with Gasteiger partial charge in [0.05, 0.1) is 0 Å². The summed E-state index contributed by atoms with van der Waals surface area (Å²) < 4.78 is 5.29. The van der Waals surface area contributed by atoms with Crippen LogP contribution in [-0.4, -0.2) is 5.11 Å².